The van der Waals surface area contributed by atoms with Crippen LogP contribution in [0.25, 0.3) is 0 Å². The number of hydrogen-bond donors (Lipinski definition) is 1. The normalized spacial score (nSPS) is 10.5. The van der Waals surface area contributed by atoms with Crippen LogP contribution in [-0.4, -0.2) is 7.11 Å². The Balaban J connectivity index is 2.15. The summed E-state index contributed by atoms with van der Waals surface area (Å²) in [5.74, 6) is 0.912. The van der Waals surface area contributed by atoms with Crippen molar-refractivity contribution in [3.8, 4) is 5.75 Å². The monoisotopic (exact) mass is 277 g/mol. The second-order valence-corrected chi connectivity index (χ2v) is 5.32. The standard InChI is InChI=1S/C15H16FNOS/c1-10-4-3-5-11(6-10)9-19-15-8-14(18-2)13(17)7-12(15)16/h3-8H,9,17H2,1-2H3. The predicted octanol–water partition coefficient (Wildman–Crippen LogP) is 4.02. The van der Waals surface area contributed by atoms with Crippen LogP contribution in [0.15, 0.2) is 41.3 Å². The molecule has 100 valence electrons. The van der Waals surface area contributed by atoms with E-state index >= 15 is 0 Å². The fourth-order valence-electron chi connectivity index (χ4n) is 1.80. The van der Waals surface area contributed by atoms with Crippen molar-refractivity contribution in [2.75, 3.05) is 12.8 Å². The van der Waals surface area contributed by atoms with Gasteiger partial charge in [-0.2, -0.15) is 0 Å². The lowest BCUT2D eigenvalue weighted by molar-refractivity contribution is 0.414. The molecule has 0 atom stereocenters. The lowest BCUT2D eigenvalue weighted by Gasteiger charge is -2.09. The molecule has 0 aliphatic heterocycles. The topological polar surface area (TPSA) is 35.2 Å². The van der Waals surface area contributed by atoms with Crippen LogP contribution in [0.4, 0.5) is 10.1 Å². The summed E-state index contributed by atoms with van der Waals surface area (Å²) >= 11 is 1.44. The van der Waals surface area contributed by atoms with E-state index in [0.29, 0.717) is 22.1 Å². The zero-order valence-corrected chi connectivity index (χ0v) is 11.8. The van der Waals surface area contributed by atoms with Crippen molar-refractivity contribution in [1.29, 1.82) is 0 Å². The molecule has 0 saturated heterocycles. The summed E-state index contributed by atoms with van der Waals surface area (Å²) in [7, 11) is 1.53. The third-order valence-corrected chi connectivity index (χ3v) is 3.86. The molecule has 0 aromatic heterocycles. The van der Waals surface area contributed by atoms with Gasteiger partial charge in [-0.1, -0.05) is 29.8 Å². The van der Waals surface area contributed by atoms with Gasteiger partial charge in [0.1, 0.15) is 11.6 Å². The van der Waals surface area contributed by atoms with Gasteiger partial charge in [-0.3, -0.25) is 0 Å². The first-order chi connectivity index (χ1) is 9.10. The van der Waals surface area contributed by atoms with Crippen molar-refractivity contribution >= 4 is 17.4 Å². The molecule has 0 unspecified atom stereocenters. The number of hydrogen-bond acceptors (Lipinski definition) is 3. The van der Waals surface area contributed by atoms with Crippen molar-refractivity contribution in [3.63, 3.8) is 0 Å². The molecule has 2 rings (SSSR count). The van der Waals surface area contributed by atoms with E-state index < -0.39 is 0 Å². The largest absolute Gasteiger partial charge is 0.495 e. The second-order valence-electron chi connectivity index (χ2n) is 4.30. The van der Waals surface area contributed by atoms with Crippen LogP contribution in [0.3, 0.4) is 0 Å². The lowest BCUT2D eigenvalue weighted by Crippen LogP contribution is -1.95. The van der Waals surface area contributed by atoms with Gasteiger partial charge in [-0.15, -0.1) is 11.8 Å². The molecular formula is C15H16FNOS. The van der Waals surface area contributed by atoms with Gasteiger partial charge >= 0.3 is 0 Å². The quantitative estimate of drug-likeness (QED) is 0.677. The Hall–Kier alpha value is -1.68. The van der Waals surface area contributed by atoms with Gasteiger partial charge in [0.05, 0.1) is 12.8 Å². The molecule has 0 aliphatic rings. The molecule has 0 heterocycles. The maximum absolute atomic E-state index is 13.8. The van der Waals surface area contributed by atoms with Crippen LogP contribution in [-0.2, 0) is 5.75 Å². The van der Waals surface area contributed by atoms with E-state index in [4.69, 9.17) is 10.5 Å². The molecule has 0 radical (unpaired) electrons. The first-order valence-corrected chi connectivity index (χ1v) is 6.90. The van der Waals surface area contributed by atoms with Crippen LogP contribution >= 0.6 is 11.8 Å². The summed E-state index contributed by atoms with van der Waals surface area (Å²) < 4.78 is 18.9. The van der Waals surface area contributed by atoms with Crippen molar-refractivity contribution in [2.24, 2.45) is 0 Å². The minimum atomic E-state index is -0.309. The highest BCUT2D eigenvalue weighted by atomic mass is 32.2. The van der Waals surface area contributed by atoms with E-state index in [-0.39, 0.29) is 5.82 Å². The molecule has 2 N–H and O–H groups in total. The molecule has 0 aliphatic carbocycles. The summed E-state index contributed by atoms with van der Waals surface area (Å²) in [4.78, 5) is 0.549. The number of thioether (sulfide) groups is 1. The molecule has 2 nitrogen and oxygen atoms in total. The number of aryl methyl sites for hydroxylation is 1. The minimum Gasteiger partial charge on any atom is -0.495 e. The number of anilines is 1. The zero-order chi connectivity index (χ0) is 13.8. The number of halogens is 1. The van der Waals surface area contributed by atoms with Gasteiger partial charge in [0, 0.05) is 16.7 Å². The van der Waals surface area contributed by atoms with Gasteiger partial charge < -0.3 is 10.5 Å². The highest BCUT2D eigenvalue weighted by Crippen LogP contribution is 2.32. The smallest absolute Gasteiger partial charge is 0.143 e. The fourth-order valence-corrected chi connectivity index (χ4v) is 2.69. The summed E-state index contributed by atoms with van der Waals surface area (Å²) in [5, 5.41) is 0. The Kier molecular flexibility index (Phi) is 4.32. The fraction of sp³-hybridized carbons (Fsp3) is 0.200. The SMILES string of the molecule is COc1cc(SCc2cccc(C)c2)c(F)cc1N. The summed E-state index contributed by atoms with van der Waals surface area (Å²) in [5.41, 5.74) is 8.34. The molecule has 19 heavy (non-hydrogen) atoms. The molecule has 2 aromatic carbocycles. The number of methoxy groups -OCH3 is 1. The maximum atomic E-state index is 13.8. The van der Waals surface area contributed by atoms with E-state index in [9.17, 15) is 4.39 Å². The maximum Gasteiger partial charge on any atom is 0.143 e. The Morgan fingerprint density at radius 3 is 2.74 bits per heavy atom. The molecule has 4 heteroatoms. The minimum absolute atomic E-state index is 0.309. The second kappa shape index (κ2) is 5.97. The number of nitrogens with two attached hydrogens (primary N) is 1. The molecule has 0 bridgehead atoms. The summed E-state index contributed by atoms with van der Waals surface area (Å²) in [6, 6.07) is 11.1. The Morgan fingerprint density at radius 2 is 2.05 bits per heavy atom. The van der Waals surface area contributed by atoms with Gasteiger partial charge in [-0.05, 0) is 18.6 Å². The Morgan fingerprint density at radius 1 is 1.26 bits per heavy atom. The first-order valence-electron chi connectivity index (χ1n) is 5.91. The highest BCUT2D eigenvalue weighted by Gasteiger charge is 2.09. The van der Waals surface area contributed by atoms with Crippen LogP contribution in [0, 0.1) is 12.7 Å². The molecule has 2 aromatic rings. The van der Waals surface area contributed by atoms with Crippen LogP contribution in [0.1, 0.15) is 11.1 Å². The zero-order valence-electron chi connectivity index (χ0n) is 10.9. The predicted molar refractivity (Wildman–Crippen MR) is 78.1 cm³/mol. The van der Waals surface area contributed by atoms with Crippen molar-refractivity contribution < 1.29 is 9.13 Å². The highest BCUT2D eigenvalue weighted by molar-refractivity contribution is 7.98. The Bertz CT molecular complexity index is 586. The van der Waals surface area contributed by atoms with Crippen LogP contribution in [0.5, 0.6) is 5.75 Å². The first kappa shape index (κ1) is 13.7. The number of rotatable bonds is 4. The van der Waals surface area contributed by atoms with Gasteiger partial charge in [-0.25, -0.2) is 4.39 Å². The third-order valence-electron chi connectivity index (χ3n) is 2.76. The third kappa shape index (κ3) is 3.41. The van der Waals surface area contributed by atoms with E-state index in [0.717, 1.165) is 0 Å². The average molecular weight is 277 g/mol. The Labute approximate surface area is 116 Å². The van der Waals surface area contributed by atoms with Crippen molar-refractivity contribution in [1.82, 2.24) is 0 Å². The number of nitrogen functional groups attached to an aromatic ring is 1. The summed E-state index contributed by atoms with van der Waals surface area (Å²) in [6.07, 6.45) is 0. The van der Waals surface area contributed by atoms with Crippen molar-refractivity contribution in [2.45, 2.75) is 17.6 Å². The van der Waals surface area contributed by atoms with Crippen LogP contribution < -0.4 is 10.5 Å². The number of benzene rings is 2. The molecule has 0 saturated carbocycles. The van der Waals surface area contributed by atoms with Gasteiger partial charge in [0.2, 0.25) is 0 Å². The van der Waals surface area contributed by atoms with E-state index in [1.54, 1.807) is 6.07 Å². The van der Waals surface area contributed by atoms with E-state index in [2.05, 4.69) is 6.07 Å². The summed E-state index contributed by atoms with van der Waals surface area (Å²) in [6.45, 7) is 2.04. The molecule has 0 spiro atoms. The van der Waals surface area contributed by atoms with E-state index in [1.807, 2.05) is 25.1 Å². The molecule has 0 amide bonds. The van der Waals surface area contributed by atoms with Crippen molar-refractivity contribution in [3.05, 3.63) is 53.3 Å². The van der Waals surface area contributed by atoms with Gasteiger partial charge in [0.15, 0.2) is 0 Å². The average Bonchev–Trinajstić information content (AvgIpc) is 2.38. The van der Waals surface area contributed by atoms with Gasteiger partial charge in [0.25, 0.3) is 0 Å². The molecule has 0 fully saturated rings. The van der Waals surface area contributed by atoms with Crippen LogP contribution in [0.2, 0.25) is 0 Å². The number of ether oxygens (including phenoxy) is 1. The molecular weight excluding hydrogens is 261 g/mol. The lowest BCUT2D eigenvalue weighted by atomic mass is 10.2. The van der Waals surface area contributed by atoms with E-state index in [1.165, 1.54) is 36.1 Å².